The molecule has 6 nitrogen and oxygen atoms in total. The van der Waals surface area contributed by atoms with Gasteiger partial charge in [-0.25, -0.2) is 0 Å². The van der Waals surface area contributed by atoms with Crippen molar-refractivity contribution in [1.29, 1.82) is 0 Å². The molecule has 0 bridgehead atoms. The van der Waals surface area contributed by atoms with Crippen molar-refractivity contribution in [2.45, 2.75) is 18.9 Å². The van der Waals surface area contributed by atoms with Crippen LogP contribution in [0.3, 0.4) is 0 Å². The second-order valence-electron chi connectivity index (χ2n) is 5.74. The van der Waals surface area contributed by atoms with Crippen LogP contribution in [-0.2, 0) is 9.59 Å². The second kappa shape index (κ2) is 6.62. The lowest BCUT2D eigenvalue weighted by Crippen LogP contribution is -2.45. The highest BCUT2D eigenvalue weighted by molar-refractivity contribution is 7.99. The summed E-state index contributed by atoms with van der Waals surface area (Å²) in [7, 11) is 1.57. The number of amides is 3. The van der Waals surface area contributed by atoms with Gasteiger partial charge in [0.05, 0.1) is 5.88 Å². The molecule has 0 aromatic heterocycles. The van der Waals surface area contributed by atoms with Crippen LogP contribution in [0.15, 0.2) is 24.3 Å². The minimum Gasteiger partial charge on any atom is -0.355 e. The largest absolute Gasteiger partial charge is 0.355 e. The van der Waals surface area contributed by atoms with Crippen molar-refractivity contribution in [2.75, 3.05) is 24.0 Å². The minimum absolute atomic E-state index is 0.102. The van der Waals surface area contributed by atoms with Gasteiger partial charge in [-0.1, -0.05) is 0 Å². The number of nitrogens with zero attached hydrogens (tertiary/aromatic N) is 1. The maximum absolute atomic E-state index is 12.4. The van der Waals surface area contributed by atoms with Gasteiger partial charge in [0.1, 0.15) is 6.04 Å². The van der Waals surface area contributed by atoms with E-state index < -0.39 is 6.04 Å². The topological polar surface area (TPSA) is 78.5 Å². The van der Waals surface area contributed by atoms with E-state index in [0.717, 1.165) is 12.8 Å². The van der Waals surface area contributed by atoms with Crippen LogP contribution in [0.4, 0.5) is 5.69 Å². The fourth-order valence-electron chi connectivity index (χ4n) is 2.52. The first-order chi connectivity index (χ1) is 11.1. The molecule has 1 saturated heterocycles. The molecule has 3 amide bonds. The van der Waals surface area contributed by atoms with Gasteiger partial charge in [-0.05, 0) is 37.1 Å². The van der Waals surface area contributed by atoms with Crippen LogP contribution in [0.2, 0.25) is 0 Å². The number of thioether (sulfide) groups is 1. The van der Waals surface area contributed by atoms with Gasteiger partial charge in [-0.3, -0.25) is 14.4 Å². The lowest BCUT2D eigenvalue weighted by Gasteiger charge is -2.23. The van der Waals surface area contributed by atoms with Crippen molar-refractivity contribution in [3.05, 3.63) is 29.8 Å². The van der Waals surface area contributed by atoms with E-state index in [4.69, 9.17) is 0 Å². The molecule has 2 N–H and O–H groups in total. The number of rotatable bonds is 4. The Hall–Kier alpha value is -2.02. The van der Waals surface area contributed by atoms with E-state index in [1.54, 1.807) is 48.0 Å². The van der Waals surface area contributed by atoms with E-state index in [0.29, 0.717) is 22.9 Å². The van der Waals surface area contributed by atoms with E-state index in [9.17, 15) is 14.4 Å². The van der Waals surface area contributed by atoms with Crippen LogP contribution in [0.1, 0.15) is 23.2 Å². The van der Waals surface area contributed by atoms with Crippen molar-refractivity contribution in [1.82, 2.24) is 10.2 Å². The average Bonchev–Trinajstić information content (AvgIpc) is 3.30. The van der Waals surface area contributed by atoms with Gasteiger partial charge in [0.2, 0.25) is 11.8 Å². The van der Waals surface area contributed by atoms with Gasteiger partial charge in [-0.15, -0.1) is 11.8 Å². The van der Waals surface area contributed by atoms with E-state index in [1.807, 2.05) is 0 Å². The van der Waals surface area contributed by atoms with Gasteiger partial charge >= 0.3 is 0 Å². The summed E-state index contributed by atoms with van der Waals surface area (Å²) in [6.07, 6.45) is 1.88. The van der Waals surface area contributed by atoms with Gasteiger partial charge < -0.3 is 15.5 Å². The molecule has 0 spiro atoms. The maximum Gasteiger partial charge on any atom is 0.251 e. The lowest BCUT2D eigenvalue weighted by atomic mass is 10.2. The predicted octanol–water partition coefficient (Wildman–Crippen LogP) is 1.30. The highest BCUT2D eigenvalue weighted by atomic mass is 32.2. The Bertz CT molecular complexity index is 628. The van der Waals surface area contributed by atoms with E-state index in [-0.39, 0.29) is 23.6 Å². The van der Waals surface area contributed by atoms with Crippen molar-refractivity contribution < 1.29 is 14.4 Å². The smallest absolute Gasteiger partial charge is 0.251 e. The fourth-order valence-corrected chi connectivity index (χ4v) is 3.68. The van der Waals surface area contributed by atoms with E-state index >= 15 is 0 Å². The van der Waals surface area contributed by atoms with Crippen molar-refractivity contribution in [3.63, 3.8) is 0 Å². The summed E-state index contributed by atoms with van der Waals surface area (Å²) in [6, 6.07) is 6.29. The second-order valence-corrected chi connectivity index (χ2v) is 6.74. The third-order valence-corrected chi connectivity index (χ3v) is 5.05. The molecule has 2 aliphatic rings. The summed E-state index contributed by atoms with van der Waals surface area (Å²) in [4.78, 5) is 37.9. The third-order valence-electron chi connectivity index (χ3n) is 4.04. The number of carbonyl (C=O) groups is 3. The number of nitrogens with one attached hydrogen (secondary N) is 2. The zero-order chi connectivity index (χ0) is 16.4. The first kappa shape index (κ1) is 15.9. The minimum atomic E-state index is -0.410. The molecular formula is C16H19N3O3S. The molecule has 3 rings (SSSR count). The number of hydrogen-bond donors (Lipinski definition) is 2. The average molecular weight is 333 g/mol. The Morgan fingerprint density at radius 3 is 2.48 bits per heavy atom. The van der Waals surface area contributed by atoms with Crippen LogP contribution in [0, 0.1) is 5.92 Å². The molecule has 1 unspecified atom stereocenters. The number of anilines is 1. The molecule has 122 valence electrons. The standard InChI is InChI=1S/C16H19N3O3S/c1-17-14(20)10-4-6-12(7-5-10)18-15(21)13-8-23-9-19(13)16(22)11-2-3-11/h4-7,11,13H,2-3,8-9H2,1H3,(H,17,20)(H,18,21). The van der Waals surface area contributed by atoms with Crippen molar-refractivity contribution in [2.24, 2.45) is 5.92 Å². The van der Waals surface area contributed by atoms with Gasteiger partial charge in [0.15, 0.2) is 0 Å². The molecule has 1 aromatic rings. The SMILES string of the molecule is CNC(=O)c1ccc(NC(=O)C2CSCN2C(=O)C2CC2)cc1. The molecule has 7 heteroatoms. The fraction of sp³-hybridized carbons (Fsp3) is 0.438. The molecule has 0 radical (unpaired) electrons. The Morgan fingerprint density at radius 1 is 1.17 bits per heavy atom. The monoisotopic (exact) mass is 333 g/mol. The summed E-state index contributed by atoms with van der Waals surface area (Å²) in [5.74, 6) is 1.10. The summed E-state index contributed by atoms with van der Waals surface area (Å²) in [5, 5.41) is 5.38. The predicted molar refractivity (Wildman–Crippen MR) is 89.1 cm³/mol. The maximum atomic E-state index is 12.4. The Balaban J connectivity index is 1.63. The molecule has 1 heterocycles. The van der Waals surface area contributed by atoms with Crippen molar-refractivity contribution >= 4 is 35.2 Å². The Kier molecular flexibility index (Phi) is 4.56. The summed E-state index contributed by atoms with van der Waals surface area (Å²) < 4.78 is 0. The van der Waals surface area contributed by atoms with Crippen LogP contribution >= 0.6 is 11.8 Å². The molecular weight excluding hydrogens is 314 g/mol. The molecule has 1 atom stereocenters. The molecule has 23 heavy (non-hydrogen) atoms. The van der Waals surface area contributed by atoms with Gasteiger partial charge in [0.25, 0.3) is 5.91 Å². The zero-order valence-corrected chi connectivity index (χ0v) is 13.7. The number of benzene rings is 1. The molecule has 2 fully saturated rings. The highest BCUT2D eigenvalue weighted by Crippen LogP contribution is 2.34. The quantitative estimate of drug-likeness (QED) is 0.870. The normalized spacial score (nSPS) is 20.2. The summed E-state index contributed by atoms with van der Waals surface area (Å²) >= 11 is 1.60. The first-order valence-corrected chi connectivity index (χ1v) is 8.77. The van der Waals surface area contributed by atoms with Crippen molar-refractivity contribution in [3.8, 4) is 0 Å². The van der Waals surface area contributed by atoms with Gasteiger partial charge in [-0.2, -0.15) is 0 Å². The van der Waals surface area contributed by atoms with E-state index in [2.05, 4.69) is 10.6 Å². The lowest BCUT2D eigenvalue weighted by molar-refractivity contribution is -0.137. The zero-order valence-electron chi connectivity index (χ0n) is 12.9. The number of carbonyl (C=O) groups excluding carboxylic acids is 3. The summed E-state index contributed by atoms with van der Waals surface area (Å²) in [6.45, 7) is 0. The molecule has 1 aliphatic heterocycles. The van der Waals surface area contributed by atoms with Crippen LogP contribution in [0.25, 0.3) is 0 Å². The Labute approximate surface area is 139 Å². The Morgan fingerprint density at radius 2 is 1.87 bits per heavy atom. The number of hydrogen-bond acceptors (Lipinski definition) is 4. The van der Waals surface area contributed by atoms with Crippen LogP contribution in [0.5, 0.6) is 0 Å². The van der Waals surface area contributed by atoms with Crippen LogP contribution in [-0.4, -0.2) is 47.3 Å². The summed E-state index contributed by atoms with van der Waals surface area (Å²) in [5.41, 5.74) is 1.16. The first-order valence-electron chi connectivity index (χ1n) is 7.61. The molecule has 1 aliphatic carbocycles. The van der Waals surface area contributed by atoms with Gasteiger partial charge in [0, 0.05) is 30.0 Å². The highest BCUT2D eigenvalue weighted by Gasteiger charge is 2.41. The van der Waals surface area contributed by atoms with E-state index in [1.165, 1.54) is 0 Å². The molecule has 1 aromatic carbocycles. The third kappa shape index (κ3) is 3.50. The molecule has 1 saturated carbocycles. The van der Waals surface area contributed by atoms with Crippen LogP contribution < -0.4 is 10.6 Å².